The van der Waals surface area contributed by atoms with Crippen molar-refractivity contribution in [1.82, 2.24) is 15.0 Å². The first-order chi connectivity index (χ1) is 8.63. The second-order valence-electron chi connectivity index (χ2n) is 3.63. The van der Waals surface area contributed by atoms with Crippen LogP contribution < -0.4 is 0 Å². The molecule has 0 N–H and O–H groups in total. The number of esters is 1. The Morgan fingerprint density at radius 1 is 1.39 bits per heavy atom. The van der Waals surface area contributed by atoms with Crippen LogP contribution in [0.4, 0.5) is 0 Å². The van der Waals surface area contributed by atoms with Gasteiger partial charge in [-0.2, -0.15) is 0 Å². The van der Waals surface area contributed by atoms with Crippen molar-refractivity contribution in [2.24, 2.45) is 0 Å². The van der Waals surface area contributed by atoms with Crippen molar-refractivity contribution in [3.8, 4) is 5.69 Å². The SMILES string of the molecule is CCOC(=O)c1nnn(-c2ccc(Cl)cc2)c1C. The third-order valence-corrected chi connectivity index (χ3v) is 2.69. The number of ether oxygens (including phenoxy) is 1. The van der Waals surface area contributed by atoms with Crippen LogP contribution in [0.15, 0.2) is 24.3 Å². The fourth-order valence-corrected chi connectivity index (χ4v) is 1.67. The molecule has 0 spiro atoms. The summed E-state index contributed by atoms with van der Waals surface area (Å²) in [5, 5.41) is 8.42. The van der Waals surface area contributed by atoms with Gasteiger partial charge < -0.3 is 4.74 Å². The molecular weight excluding hydrogens is 254 g/mol. The molecule has 2 aromatic rings. The van der Waals surface area contributed by atoms with Crippen LogP contribution in [0.1, 0.15) is 23.1 Å². The Bertz CT molecular complexity index is 563. The number of carbonyl (C=O) groups excluding carboxylic acids is 1. The molecule has 0 saturated heterocycles. The molecular formula is C12H12ClN3O2. The summed E-state index contributed by atoms with van der Waals surface area (Å²) in [6.07, 6.45) is 0. The largest absolute Gasteiger partial charge is 0.461 e. The summed E-state index contributed by atoms with van der Waals surface area (Å²) >= 11 is 5.82. The Morgan fingerprint density at radius 2 is 2.06 bits per heavy atom. The first-order valence-electron chi connectivity index (χ1n) is 5.49. The summed E-state index contributed by atoms with van der Waals surface area (Å²) in [5.74, 6) is -0.463. The molecule has 0 aliphatic rings. The smallest absolute Gasteiger partial charge is 0.360 e. The van der Waals surface area contributed by atoms with Crippen LogP contribution in [-0.4, -0.2) is 27.6 Å². The number of aromatic nitrogens is 3. The average molecular weight is 266 g/mol. The standard InChI is InChI=1S/C12H12ClN3O2/c1-3-18-12(17)11-8(2)16(15-14-11)10-6-4-9(13)5-7-10/h4-7H,3H2,1-2H3. The van der Waals surface area contributed by atoms with Crippen LogP contribution in [-0.2, 0) is 4.74 Å². The Balaban J connectivity index is 2.36. The Hall–Kier alpha value is -1.88. The molecule has 2 rings (SSSR count). The monoisotopic (exact) mass is 265 g/mol. The van der Waals surface area contributed by atoms with E-state index in [9.17, 15) is 4.79 Å². The molecule has 0 bridgehead atoms. The zero-order valence-electron chi connectivity index (χ0n) is 10.1. The van der Waals surface area contributed by atoms with Crippen molar-refractivity contribution in [2.45, 2.75) is 13.8 Å². The first-order valence-corrected chi connectivity index (χ1v) is 5.86. The van der Waals surface area contributed by atoms with E-state index in [4.69, 9.17) is 16.3 Å². The fraction of sp³-hybridized carbons (Fsp3) is 0.250. The first kappa shape index (κ1) is 12.6. The molecule has 0 aliphatic carbocycles. The highest BCUT2D eigenvalue weighted by Crippen LogP contribution is 2.15. The Kier molecular flexibility index (Phi) is 3.62. The van der Waals surface area contributed by atoms with Crippen molar-refractivity contribution >= 4 is 17.6 Å². The van der Waals surface area contributed by atoms with Crippen LogP contribution in [0.3, 0.4) is 0 Å². The zero-order chi connectivity index (χ0) is 13.1. The summed E-state index contributed by atoms with van der Waals surface area (Å²) in [4.78, 5) is 11.6. The normalized spacial score (nSPS) is 10.4. The summed E-state index contributed by atoms with van der Waals surface area (Å²) in [6, 6.07) is 7.11. The highest BCUT2D eigenvalue weighted by molar-refractivity contribution is 6.30. The van der Waals surface area contributed by atoms with E-state index in [1.807, 2.05) is 0 Å². The van der Waals surface area contributed by atoms with E-state index in [0.29, 0.717) is 17.3 Å². The molecule has 0 unspecified atom stereocenters. The van der Waals surface area contributed by atoms with Crippen LogP contribution in [0.5, 0.6) is 0 Å². The lowest BCUT2D eigenvalue weighted by Crippen LogP contribution is -2.07. The number of hydrogen-bond donors (Lipinski definition) is 0. The van der Waals surface area contributed by atoms with Gasteiger partial charge in [0.1, 0.15) is 0 Å². The number of halogens is 1. The number of benzene rings is 1. The van der Waals surface area contributed by atoms with Crippen molar-refractivity contribution in [1.29, 1.82) is 0 Å². The van der Waals surface area contributed by atoms with E-state index in [-0.39, 0.29) is 5.69 Å². The van der Waals surface area contributed by atoms with Gasteiger partial charge in [-0.15, -0.1) is 5.10 Å². The minimum atomic E-state index is -0.463. The van der Waals surface area contributed by atoms with Gasteiger partial charge in [-0.05, 0) is 38.1 Å². The van der Waals surface area contributed by atoms with Crippen molar-refractivity contribution in [3.05, 3.63) is 40.7 Å². The molecule has 0 saturated carbocycles. The van der Waals surface area contributed by atoms with Crippen LogP contribution >= 0.6 is 11.6 Å². The van der Waals surface area contributed by atoms with Gasteiger partial charge in [-0.3, -0.25) is 0 Å². The van der Waals surface area contributed by atoms with Crippen molar-refractivity contribution < 1.29 is 9.53 Å². The third-order valence-electron chi connectivity index (χ3n) is 2.43. The van der Waals surface area contributed by atoms with Gasteiger partial charge in [0, 0.05) is 5.02 Å². The lowest BCUT2D eigenvalue weighted by atomic mass is 10.3. The molecule has 0 fully saturated rings. The third kappa shape index (κ3) is 2.36. The zero-order valence-corrected chi connectivity index (χ0v) is 10.8. The van der Waals surface area contributed by atoms with E-state index >= 15 is 0 Å². The van der Waals surface area contributed by atoms with Gasteiger partial charge in [-0.1, -0.05) is 16.8 Å². The molecule has 18 heavy (non-hydrogen) atoms. The summed E-state index contributed by atoms with van der Waals surface area (Å²) in [5.41, 5.74) is 1.66. The van der Waals surface area contributed by atoms with Gasteiger partial charge in [0.15, 0.2) is 5.69 Å². The van der Waals surface area contributed by atoms with Gasteiger partial charge in [0.2, 0.25) is 0 Å². The molecule has 6 heteroatoms. The predicted octanol–water partition coefficient (Wildman–Crippen LogP) is 2.41. The number of rotatable bonds is 3. The molecule has 1 aromatic heterocycles. The molecule has 5 nitrogen and oxygen atoms in total. The number of nitrogens with zero attached hydrogens (tertiary/aromatic N) is 3. The maximum Gasteiger partial charge on any atom is 0.360 e. The topological polar surface area (TPSA) is 57.0 Å². The van der Waals surface area contributed by atoms with Crippen LogP contribution in [0.25, 0.3) is 5.69 Å². The van der Waals surface area contributed by atoms with Gasteiger partial charge >= 0.3 is 5.97 Å². The maximum atomic E-state index is 11.6. The second kappa shape index (κ2) is 5.18. The van der Waals surface area contributed by atoms with E-state index < -0.39 is 5.97 Å². The van der Waals surface area contributed by atoms with E-state index in [1.54, 1.807) is 42.8 Å². The van der Waals surface area contributed by atoms with Crippen molar-refractivity contribution in [3.63, 3.8) is 0 Å². The van der Waals surface area contributed by atoms with Gasteiger partial charge in [0.05, 0.1) is 18.0 Å². The van der Waals surface area contributed by atoms with E-state index in [1.165, 1.54) is 0 Å². The summed E-state index contributed by atoms with van der Waals surface area (Å²) in [7, 11) is 0. The van der Waals surface area contributed by atoms with Crippen molar-refractivity contribution in [2.75, 3.05) is 6.61 Å². The summed E-state index contributed by atoms with van der Waals surface area (Å²) < 4.78 is 6.47. The summed E-state index contributed by atoms with van der Waals surface area (Å²) in [6.45, 7) is 3.82. The highest BCUT2D eigenvalue weighted by Gasteiger charge is 2.18. The highest BCUT2D eigenvalue weighted by atomic mass is 35.5. The molecule has 0 amide bonds. The minimum Gasteiger partial charge on any atom is -0.461 e. The van der Waals surface area contributed by atoms with Crippen LogP contribution in [0.2, 0.25) is 5.02 Å². The lowest BCUT2D eigenvalue weighted by Gasteiger charge is -2.03. The Labute approximate surface area is 109 Å². The number of hydrogen-bond acceptors (Lipinski definition) is 4. The molecule has 1 heterocycles. The fourth-order valence-electron chi connectivity index (χ4n) is 1.54. The Morgan fingerprint density at radius 3 is 2.67 bits per heavy atom. The van der Waals surface area contributed by atoms with Gasteiger partial charge in [0.25, 0.3) is 0 Å². The molecule has 94 valence electrons. The quantitative estimate of drug-likeness (QED) is 0.800. The molecule has 1 aromatic carbocycles. The minimum absolute atomic E-state index is 0.229. The maximum absolute atomic E-state index is 11.6. The predicted molar refractivity (Wildman–Crippen MR) is 67.1 cm³/mol. The average Bonchev–Trinajstić information content (AvgIpc) is 2.73. The molecule has 0 radical (unpaired) electrons. The lowest BCUT2D eigenvalue weighted by molar-refractivity contribution is 0.0518. The van der Waals surface area contributed by atoms with Gasteiger partial charge in [-0.25, -0.2) is 9.48 Å². The number of carbonyl (C=O) groups is 1. The van der Waals surface area contributed by atoms with E-state index in [0.717, 1.165) is 5.69 Å². The molecule has 0 aliphatic heterocycles. The van der Waals surface area contributed by atoms with Crippen LogP contribution in [0, 0.1) is 6.92 Å². The van der Waals surface area contributed by atoms with E-state index in [2.05, 4.69) is 10.3 Å². The second-order valence-corrected chi connectivity index (χ2v) is 4.07. The molecule has 0 atom stereocenters.